The second-order valence-electron chi connectivity index (χ2n) is 6.84. The lowest BCUT2D eigenvalue weighted by Gasteiger charge is -2.24. The van der Waals surface area contributed by atoms with E-state index in [4.69, 9.17) is 0 Å². The molecule has 0 bridgehead atoms. The molecular formula is C19H25N5O3. The van der Waals surface area contributed by atoms with Gasteiger partial charge >= 0.3 is 0 Å². The zero-order valence-electron chi connectivity index (χ0n) is 15.6. The molecule has 1 aliphatic carbocycles. The largest absolute Gasteiger partial charge is 0.344 e. The van der Waals surface area contributed by atoms with Crippen LogP contribution in [-0.2, 0) is 16.1 Å². The number of carbonyl (C=O) groups is 2. The average molecular weight is 371 g/mol. The van der Waals surface area contributed by atoms with Crippen LogP contribution in [0.15, 0.2) is 29.1 Å². The fourth-order valence-corrected chi connectivity index (χ4v) is 3.66. The third-order valence-corrected chi connectivity index (χ3v) is 4.99. The van der Waals surface area contributed by atoms with E-state index < -0.39 is 6.04 Å². The van der Waals surface area contributed by atoms with Crippen molar-refractivity contribution >= 4 is 28.7 Å². The zero-order chi connectivity index (χ0) is 19.4. The molecular weight excluding hydrogens is 346 g/mol. The average Bonchev–Trinajstić information content (AvgIpc) is 3.18. The van der Waals surface area contributed by atoms with Gasteiger partial charge < -0.3 is 5.32 Å². The number of benzene rings is 1. The van der Waals surface area contributed by atoms with E-state index in [9.17, 15) is 14.4 Å². The lowest BCUT2D eigenvalue weighted by molar-refractivity contribution is -0.129. The Morgan fingerprint density at radius 1 is 1.26 bits per heavy atom. The van der Waals surface area contributed by atoms with Crippen LogP contribution < -0.4 is 21.7 Å². The molecule has 1 aliphatic rings. The van der Waals surface area contributed by atoms with Gasteiger partial charge in [-0.2, -0.15) is 0 Å². The summed E-state index contributed by atoms with van der Waals surface area (Å²) in [6.07, 6.45) is 3.94. The maximum absolute atomic E-state index is 12.7. The molecule has 1 saturated carbocycles. The number of anilines is 1. The Balaban J connectivity index is 1.81. The fourth-order valence-electron chi connectivity index (χ4n) is 3.66. The van der Waals surface area contributed by atoms with Crippen LogP contribution >= 0.6 is 0 Å². The number of nitrogens with one attached hydrogen (secondary N) is 3. The van der Waals surface area contributed by atoms with E-state index in [1.54, 1.807) is 24.3 Å². The van der Waals surface area contributed by atoms with E-state index in [1.807, 2.05) is 6.92 Å². The van der Waals surface area contributed by atoms with Gasteiger partial charge in [-0.15, -0.1) is 0 Å². The van der Waals surface area contributed by atoms with Crippen molar-refractivity contribution in [2.45, 2.75) is 52.1 Å². The third-order valence-electron chi connectivity index (χ3n) is 4.99. The van der Waals surface area contributed by atoms with Crippen LogP contribution in [0.5, 0.6) is 0 Å². The zero-order valence-corrected chi connectivity index (χ0v) is 15.6. The number of nitrogens with zero attached hydrogens (tertiary/aromatic N) is 2. The summed E-state index contributed by atoms with van der Waals surface area (Å²) in [5, 5.41) is 3.27. The number of aromatic nitrogens is 2. The molecule has 3 N–H and O–H groups in total. The Kier molecular flexibility index (Phi) is 5.73. The number of fused-ring (bicyclic) bond motifs is 1. The molecule has 0 radical (unpaired) electrons. The van der Waals surface area contributed by atoms with Crippen LogP contribution in [0.4, 0.5) is 5.95 Å². The molecule has 0 aliphatic heterocycles. The highest BCUT2D eigenvalue weighted by Gasteiger charge is 2.31. The second kappa shape index (κ2) is 8.20. The highest BCUT2D eigenvalue weighted by Crippen LogP contribution is 2.27. The lowest BCUT2D eigenvalue weighted by Crippen LogP contribution is -2.51. The first-order valence-corrected chi connectivity index (χ1v) is 9.33. The molecule has 2 aromatic rings. The molecule has 0 saturated heterocycles. The first-order valence-electron chi connectivity index (χ1n) is 9.33. The maximum Gasteiger partial charge on any atom is 0.262 e. The first kappa shape index (κ1) is 18.9. The van der Waals surface area contributed by atoms with Crippen molar-refractivity contribution in [1.82, 2.24) is 20.3 Å². The SMILES string of the molecule is CCn1c(NNC(=O)C(NC(C)=O)C2CCCC2)nc2ccccc2c1=O. The molecule has 1 atom stereocenters. The topological polar surface area (TPSA) is 105 Å². The molecule has 8 heteroatoms. The number of amides is 2. The molecule has 2 amide bonds. The van der Waals surface area contributed by atoms with Gasteiger partial charge in [0.1, 0.15) is 6.04 Å². The van der Waals surface area contributed by atoms with Gasteiger partial charge in [-0.1, -0.05) is 25.0 Å². The van der Waals surface area contributed by atoms with Crippen LogP contribution in [0.1, 0.15) is 39.5 Å². The van der Waals surface area contributed by atoms with E-state index >= 15 is 0 Å². The Labute approximate surface area is 157 Å². The number of hydrogen-bond donors (Lipinski definition) is 3. The predicted octanol–water partition coefficient (Wildman–Crippen LogP) is 1.55. The normalized spacial score (nSPS) is 15.5. The molecule has 8 nitrogen and oxygen atoms in total. The minimum Gasteiger partial charge on any atom is -0.344 e. The summed E-state index contributed by atoms with van der Waals surface area (Å²) >= 11 is 0. The van der Waals surface area contributed by atoms with Crippen molar-refractivity contribution in [2.75, 3.05) is 5.43 Å². The highest BCUT2D eigenvalue weighted by atomic mass is 16.2. The van der Waals surface area contributed by atoms with Crippen LogP contribution in [-0.4, -0.2) is 27.4 Å². The summed E-state index contributed by atoms with van der Waals surface area (Å²) < 4.78 is 1.46. The van der Waals surface area contributed by atoms with E-state index in [2.05, 4.69) is 21.2 Å². The molecule has 1 unspecified atom stereocenters. The van der Waals surface area contributed by atoms with Gasteiger partial charge in [0.15, 0.2) is 0 Å². The standard InChI is InChI=1S/C19H25N5O3/c1-3-24-18(27)14-10-6-7-11-15(14)21-19(24)23-22-17(26)16(20-12(2)25)13-8-4-5-9-13/h6-7,10-11,13,16H,3-5,8-9H2,1-2H3,(H,20,25)(H,21,23)(H,22,26). The van der Waals surface area contributed by atoms with E-state index in [-0.39, 0.29) is 29.2 Å². The van der Waals surface area contributed by atoms with Gasteiger partial charge in [-0.25, -0.2) is 4.98 Å². The van der Waals surface area contributed by atoms with Gasteiger partial charge in [0.25, 0.3) is 11.5 Å². The summed E-state index contributed by atoms with van der Waals surface area (Å²) in [6.45, 7) is 3.65. The number of carbonyl (C=O) groups excluding carboxylic acids is 2. The Bertz CT molecular complexity index is 902. The van der Waals surface area contributed by atoms with Crippen molar-refractivity contribution in [2.24, 2.45) is 5.92 Å². The van der Waals surface area contributed by atoms with E-state index in [0.29, 0.717) is 17.4 Å². The van der Waals surface area contributed by atoms with E-state index in [1.165, 1.54) is 11.5 Å². The summed E-state index contributed by atoms with van der Waals surface area (Å²) in [7, 11) is 0. The molecule has 0 spiro atoms. The molecule has 1 heterocycles. The number of para-hydroxylation sites is 1. The quantitative estimate of drug-likeness (QED) is 0.668. The predicted molar refractivity (Wildman–Crippen MR) is 103 cm³/mol. The summed E-state index contributed by atoms with van der Waals surface area (Å²) in [4.78, 5) is 41.3. The van der Waals surface area contributed by atoms with Crippen LogP contribution in [0.3, 0.4) is 0 Å². The summed E-state index contributed by atoms with van der Waals surface area (Å²) in [6, 6.07) is 6.48. The van der Waals surface area contributed by atoms with Gasteiger partial charge in [-0.3, -0.25) is 29.8 Å². The van der Waals surface area contributed by atoms with Crippen LogP contribution in [0.2, 0.25) is 0 Å². The Morgan fingerprint density at radius 3 is 2.63 bits per heavy atom. The van der Waals surface area contributed by atoms with Crippen LogP contribution in [0, 0.1) is 5.92 Å². The Hall–Kier alpha value is -2.90. The van der Waals surface area contributed by atoms with Gasteiger partial charge in [0.2, 0.25) is 11.9 Å². The minimum absolute atomic E-state index is 0.119. The maximum atomic E-state index is 12.7. The molecule has 3 rings (SSSR count). The van der Waals surface area contributed by atoms with Gasteiger partial charge in [0.05, 0.1) is 10.9 Å². The van der Waals surface area contributed by atoms with Crippen molar-refractivity contribution in [3.63, 3.8) is 0 Å². The van der Waals surface area contributed by atoms with Gasteiger partial charge in [-0.05, 0) is 37.8 Å². The van der Waals surface area contributed by atoms with Crippen molar-refractivity contribution in [1.29, 1.82) is 0 Å². The van der Waals surface area contributed by atoms with Crippen molar-refractivity contribution in [3.8, 4) is 0 Å². The lowest BCUT2D eigenvalue weighted by atomic mass is 9.97. The molecule has 1 aromatic carbocycles. The monoisotopic (exact) mass is 371 g/mol. The Morgan fingerprint density at radius 2 is 1.96 bits per heavy atom. The first-order chi connectivity index (χ1) is 13.0. The smallest absolute Gasteiger partial charge is 0.262 e. The summed E-state index contributed by atoms with van der Waals surface area (Å²) in [5.74, 6) is -0.185. The second-order valence-corrected chi connectivity index (χ2v) is 6.84. The molecule has 1 fully saturated rings. The minimum atomic E-state index is -0.597. The third kappa shape index (κ3) is 4.10. The van der Waals surface area contributed by atoms with Crippen LogP contribution in [0.25, 0.3) is 10.9 Å². The number of rotatable bonds is 6. The number of hydrazine groups is 1. The fraction of sp³-hybridized carbons (Fsp3) is 0.474. The van der Waals surface area contributed by atoms with Crippen molar-refractivity contribution in [3.05, 3.63) is 34.6 Å². The molecule has 1 aromatic heterocycles. The highest BCUT2D eigenvalue weighted by molar-refractivity contribution is 5.88. The molecule has 144 valence electrons. The number of hydrogen-bond acceptors (Lipinski definition) is 5. The van der Waals surface area contributed by atoms with E-state index in [0.717, 1.165) is 25.7 Å². The molecule has 27 heavy (non-hydrogen) atoms. The van der Waals surface area contributed by atoms with Crippen molar-refractivity contribution < 1.29 is 9.59 Å². The summed E-state index contributed by atoms with van der Waals surface area (Å²) in [5.41, 5.74) is 5.78. The van der Waals surface area contributed by atoms with Gasteiger partial charge in [0, 0.05) is 13.5 Å².